The van der Waals surface area contributed by atoms with Gasteiger partial charge >= 0.3 is 0 Å². The van der Waals surface area contributed by atoms with Crippen molar-refractivity contribution in [2.24, 2.45) is 0 Å². The summed E-state index contributed by atoms with van der Waals surface area (Å²) in [5.74, 6) is 0.495. The van der Waals surface area contributed by atoms with Crippen molar-refractivity contribution in [3.63, 3.8) is 0 Å². The SMILES string of the molecule is Cc1cc(=O)n2c(n1)CC[C@H]2C(=O)Nc1ccc(C[C@@H]2CC[C@H]([C@H](O)c3ccccc3)N2)cc1. The molecule has 5 rings (SSSR count). The van der Waals surface area contributed by atoms with Crippen LogP contribution in [0.15, 0.2) is 65.5 Å². The van der Waals surface area contributed by atoms with Gasteiger partial charge in [0.05, 0.1) is 6.10 Å². The largest absolute Gasteiger partial charge is 0.387 e. The number of amides is 1. The van der Waals surface area contributed by atoms with Crippen LogP contribution >= 0.6 is 0 Å². The number of benzene rings is 2. The standard InChI is InChI=1S/C27H30N4O3/c1-17-15-25(32)31-23(13-14-24(31)28-17)27(34)30-20-9-7-18(8-10-20)16-21-11-12-22(29-21)26(33)19-5-3-2-4-6-19/h2-10,15,21-23,26,29,33H,11-14,16H2,1H3,(H,30,34)/t21-,22+,23-,26+/m0/s1. The van der Waals surface area contributed by atoms with E-state index in [0.29, 0.717) is 36.1 Å². The molecule has 34 heavy (non-hydrogen) atoms. The smallest absolute Gasteiger partial charge is 0.254 e. The molecule has 3 heterocycles. The van der Waals surface area contributed by atoms with Crippen LogP contribution in [0, 0.1) is 6.92 Å². The van der Waals surface area contributed by atoms with Gasteiger partial charge in [-0.05, 0) is 55.9 Å². The Hall–Kier alpha value is -3.29. The molecule has 1 fully saturated rings. The van der Waals surface area contributed by atoms with Crippen LogP contribution in [-0.4, -0.2) is 32.6 Å². The molecule has 0 unspecified atom stereocenters. The number of aryl methyl sites for hydroxylation is 2. The lowest BCUT2D eigenvalue weighted by Gasteiger charge is -2.20. The summed E-state index contributed by atoms with van der Waals surface area (Å²) in [6.45, 7) is 1.80. The van der Waals surface area contributed by atoms with Gasteiger partial charge in [-0.1, -0.05) is 42.5 Å². The van der Waals surface area contributed by atoms with Crippen LogP contribution < -0.4 is 16.2 Å². The van der Waals surface area contributed by atoms with E-state index in [9.17, 15) is 14.7 Å². The molecule has 3 aromatic rings. The first-order valence-corrected chi connectivity index (χ1v) is 12.0. The van der Waals surface area contributed by atoms with Gasteiger partial charge in [-0.2, -0.15) is 0 Å². The third-order valence-corrected chi connectivity index (χ3v) is 6.91. The number of nitrogens with one attached hydrogen (secondary N) is 2. The molecule has 0 bridgehead atoms. The van der Waals surface area contributed by atoms with E-state index in [4.69, 9.17) is 0 Å². The molecular weight excluding hydrogens is 428 g/mol. The van der Waals surface area contributed by atoms with Crippen molar-refractivity contribution in [1.82, 2.24) is 14.9 Å². The topological polar surface area (TPSA) is 96.2 Å². The summed E-state index contributed by atoms with van der Waals surface area (Å²) in [4.78, 5) is 29.6. The third-order valence-electron chi connectivity index (χ3n) is 6.91. The number of fused-ring (bicyclic) bond motifs is 1. The normalized spacial score (nSPS) is 22.4. The van der Waals surface area contributed by atoms with Crippen LogP contribution in [0.25, 0.3) is 0 Å². The lowest BCUT2D eigenvalue weighted by atomic mass is 10.0. The highest BCUT2D eigenvalue weighted by Gasteiger charge is 2.31. The van der Waals surface area contributed by atoms with Crippen LogP contribution in [0.4, 0.5) is 5.69 Å². The van der Waals surface area contributed by atoms with E-state index in [1.165, 1.54) is 16.2 Å². The van der Waals surface area contributed by atoms with Crippen molar-refractivity contribution < 1.29 is 9.90 Å². The van der Waals surface area contributed by atoms with Gasteiger partial charge in [-0.15, -0.1) is 0 Å². The predicted octanol–water partition coefficient (Wildman–Crippen LogP) is 3.07. The maximum Gasteiger partial charge on any atom is 0.254 e. The summed E-state index contributed by atoms with van der Waals surface area (Å²) in [6, 6.07) is 19.0. The van der Waals surface area contributed by atoms with Crippen LogP contribution in [0.3, 0.4) is 0 Å². The van der Waals surface area contributed by atoms with E-state index in [1.807, 2.05) is 54.6 Å². The zero-order chi connectivity index (χ0) is 23.7. The maximum atomic E-state index is 12.9. The van der Waals surface area contributed by atoms with Crippen molar-refractivity contribution in [2.75, 3.05) is 5.32 Å². The zero-order valence-corrected chi connectivity index (χ0v) is 19.3. The fraction of sp³-hybridized carbons (Fsp3) is 0.370. The third kappa shape index (κ3) is 4.67. The van der Waals surface area contributed by atoms with Crippen LogP contribution in [0.5, 0.6) is 0 Å². The molecule has 1 saturated heterocycles. The Morgan fingerprint density at radius 1 is 1.15 bits per heavy atom. The van der Waals surface area contributed by atoms with Gasteiger partial charge in [0, 0.05) is 36.0 Å². The van der Waals surface area contributed by atoms with E-state index >= 15 is 0 Å². The first-order chi connectivity index (χ1) is 16.5. The van der Waals surface area contributed by atoms with Crippen molar-refractivity contribution in [2.45, 2.75) is 63.3 Å². The second-order valence-electron chi connectivity index (χ2n) is 9.37. The van der Waals surface area contributed by atoms with Crippen molar-refractivity contribution in [1.29, 1.82) is 0 Å². The van der Waals surface area contributed by atoms with Gasteiger partial charge in [-0.25, -0.2) is 4.98 Å². The molecule has 3 N–H and O–H groups in total. The fourth-order valence-corrected chi connectivity index (χ4v) is 5.20. The second-order valence-corrected chi connectivity index (χ2v) is 9.37. The Morgan fingerprint density at radius 3 is 2.68 bits per heavy atom. The summed E-state index contributed by atoms with van der Waals surface area (Å²) < 4.78 is 1.52. The van der Waals surface area contributed by atoms with E-state index < -0.39 is 12.1 Å². The molecular formula is C27H30N4O3. The molecule has 1 amide bonds. The minimum absolute atomic E-state index is 0.0573. The Morgan fingerprint density at radius 2 is 1.91 bits per heavy atom. The van der Waals surface area contributed by atoms with Crippen molar-refractivity contribution >= 4 is 11.6 Å². The van der Waals surface area contributed by atoms with Gasteiger partial charge in [0.1, 0.15) is 11.9 Å². The van der Waals surface area contributed by atoms with Crippen LogP contribution in [0.1, 0.15) is 54.1 Å². The number of hydrogen-bond acceptors (Lipinski definition) is 5. The minimum atomic E-state index is -0.522. The van der Waals surface area contributed by atoms with Crippen LogP contribution in [0.2, 0.25) is 0 Å². The van der Waals surface area contributed by atoms with Gasteiger partial charge < -0.3 is 15.7 Å². The van der Waals surface area contributed by atoms with E-state index in [1.54, 1.807) is 6.92 Å². The summed E-state index contributed by atoms with van der Waals surface area (Å²) in [5.41, 5.74) is 3.35. The van der Waals surface area contributed by atoms with E-state index in [-0.39, 0.29) is 17.5 Å². The first kappa shape index (κ1) is 22.5. The lowest BCUT2D eigenvalue weighted by molar-refractivity contribution is -0.119. The predicted molar refractivity (Wildman–Crippen MR) is 131 cm³/mol. The number of aliphatic hydroxyl groups excluding tert-OH is 1. The number of rotatable bonds is 6. The molecule has 0 radical (unpaired) electrons. The van der Waals surface area contributed by atoms with E-state index in [2.05, 4.69) is 15.6 Å². The average molecular weight is 459 g/mol. The van der Waals surface area contributed by atoms with Gasteiger partial charge in [0.25, 0.3) is 5.56 Å². The average Bonchev–Trinajstić information content (AvgIpc) is 3.48. The lowest BCUT2D eigenvalue weighted by Crippen LogP contribution is -2.35. The monoisotopic (exact) mass is 458 g/mol. The number of hydrogen-bond donors (Lipinski definition) is 3. The zero-order valence-electron chi connectivity index (χ0n) is 19.3. The van der Waals surface area contributed by atoms with Gasteiger partial charge in [0.2, 0.25) is 5.91 Å². The van der Waals surface area contributed by atoms with Gasteiger partial charge in [-0.3, -0.25) is 14.2 Å². The highest BCUT2D eigenvalue weighted by molar-refractivity contribution is 5.94. The number of aliphatic hydroxyl groups is 1. The molecule has 0 saturated carbocycles. The number of carbonyl (C=O) groups excluding carboxylic acids is 1. The Balaban J connectivity index is 1.17. The van der Waals surface area contributed by atoms with Crippen LogP contribution in [-0.2, 0) is 17.6 Å². The van der Waals surface area contributed by atoms with E-state index in [0.717, 1.165) is 24.8 Å². The number of aromatic nitrogens is 2. The molecule has 4 atom stereocenters. The molecule has 7 nitrogen and oxygen atoms in total. The highest BCUT2D eigenvalue weighted by Crippen LogP contribution is 2.27. The number of carbonyl (C=O) groups is 1. The number of nitrogens with zero attached hydrogens (tertiary/aromatic N) is 2. The highest BCUT2D eigenvalue weighted by atomic mass is 16.3. The molecule has 1 aromatic heterocycles. The first-order valence-electron chi connectivity index (χ1n) is 12.0. The molecule has 0 aliphatic carbocycles. The fourth-order valence-electron chi connectivity index (χ4n) is 5.20. The maximum absolute atomic E-state index is 12.9. The van der Waals surface area contributed by atoms with Gasteiger partial charge in [0.15, 0.2) is 0 Å². The Labute approximate surface area is 198 Å². The molecule has 176 valence electrons. The van der Waals surface area contributed by atoms with Crippen molar-refractivity contribution in [3.8, 4) is 0 Å². The molecule has 2 aromatic carbocycles. The minimum Gasteiger partial charge on any atom is -0.387 e. The molecule has 0 spiro atoms. The quantitative estimate of drug-likeness (QED) is 0.528. The summed E-state index contributed by atoms with van der Waals surface area (Å²) >= 11 is 0. The molecule has 2 aliphatic rings. The number of anilines is 1. The molecule has 2 aliphatic heterocycles. The Kier molecular flexibility index (Phi) is 6.30. The summed E-state index contributed by atoms with van der Waals surface area (Å²) in [6.07, 6.45) is 3.52. The van der Waals surface area contributed by atoms with Crippen molar-refractivity contribution in [3.05, 3.63) is 93.7 Å². The Bertz CT molecular complexity index is 1220. The molecule has 7 heteroatoms. The summed E-state index contributed by atoms with van der Waals surface area (Å²) in [5, 5.41) is 17.2. The summed E-state index contributed by atoms with van der Waals surface area (Å²) in [7, 11) is 0. The second kappa shape index (κ2) is 9.52.